The fraction of sp³-hybridized carbons (Fsp3) is 0.417. The topological polar surface area (TPSA) is 0 Å². The Kier molecular flexibility index (Phi) is 5.35. The van der Waals surface area contributed by atoms with E-state index < -0.39 is 0 Å². The summed E-state index contributed by atoms with van der Waals surface area (Å²) in [6.07, 6.45) is 21.5. The molecule has 0 unspecified atom stereocenters. The average molecular weight is 161 g/mol. The minimum Gasteiger partial charge on any atom is -0.0882 e. The van der Waals surface area contributed by atoms with Gasteiger partial charge in [-0.05, 0) is 38.5 Å². The van der Waals surface area contributed by atoms with E-state index in [0.717, 1.165) is 6.42 Å². The Bertz CT molecular complexity index is 172. The Hall–Kier alpha value is -0.780. The van der Waals surface area contributed by atoms with Crippen LogP contribution in [0.15, 0.2) is 36.5 Å². The zero-order valence-electron chi connectivity index (χ0n) is 7.58. The molecule has 1 aliphatic rings. The SMILES string of the molecule is [CH]1CC/C=C\C=C\C/C=C\CC1. The van der Waals surface area contributed by atoms with Gasteiger partial charge in [-0.25, -0.2) is 0 Å². The first-order chi connectivity index (χ1) is 6.00. The third-order valence-electron chi connectivity index (χ3n) is 1.90. The number of allylic oxidation sites excluding steroid dienone is 6. The molecule has 0 aromatic rings. The zero-order chi connectivity index (χ0) is 8.49. The van der Waals surface area contributed by atoms with Crippen molar-refractivity contribution >= 4 is 0 Å². The standard InChI is InChI=1S/C12H17/c1-2-4-6-8-10-12-11-9-7-5-3-1/h1-4,7,9-10H,5-6,8,11-12H2/b3-1+,4-2-,9-7-. The molecule has 0 spiro atoms. The molecular formula is C12H17. The molecule has 0 bridgehead atoms. The summed E-state index contributed by atoms with van der Waals surface area (Å²) in [5.74, 6) is 0. The molecular weight excluding hydrogens is 144 g/mol. The second-order valence-corrected chi connectivity index (χ2v) is 3.01. The molecule has 0 atom stereocenters. The van der Waals surface area contributed by atoms with Crippen LogP contribution in [0.3, 0.4) is 0 Å². The zero-order valence-corrected chi connectivity index (χ0v) is 7.58. The fourth-order valence-corrected chi connectivity index (χ4v) is 1.20. The number of hydrogen-bond donors (Lipinski definition) is 0. The van der Waals surface area contributed by atoms with Crippen molar-refractivity contribution in [2.24, 2.45) is 0 Å². The van der Waals surface area contributed by atoms with Gasteiger partial charge in [-0.1, -0.05) is 36.5 Å². The summed E-state index contributed by atoms with van der Waals surface area (Å²) in [6, 6.07) is 0. The molecule has 1 rings (SSSR count). The summed E-state index contributed by atoms with van der Waals surface area (Å²) in [5, 5.41) is 0. The van der Waals surface area contributed by atoms with Gasteiger partial charge < -0.3 is 0 Å². The van der Waals surface area contributed by atoms with Gasteiger partial charge >= 0.3 is 0 Å². The van der Waals surface area contributed by atoms with Crippen molar-refractivity contribution < 1.29 is 0 Å². The first-order valence-corrected chi connectivity index (χ1v) is 4.78. The highest BCUT2D eigenvalue weighted by atomic mass is 13.9. The van der Waals surface area contributed by atoms with Gasteiger partial charge in [-0.15, -0.1) is 0 Å². The molecule has 0 fully saturated rings. The third-order valence-corrected chi connectivity index (χ3v) is 1.90. The lowest BCUT2D eigenvalue weighted by molar-refractivity contribution is 0.855. The monoisotopic (exact) mass is 161 g/mol. The van der Waals surface area contributed by atoms with Crippen molar-refractivity contribution in [1.29, 1.82) is 0 Å². The maximum atomic E-state index is 2.38. The van der Waals surface area contributed by atoms with Crippen molar-refractivity contribution in [3.63, 3.8) is 0 Å². The fourth-order valence-electron chi connectivity index (χ4n) is 1.20. The molecule has 12 heavy (non-hydrogen) atoms. The van der Waals surface area contributed by atoms with Crippen molar-refractivity contribution in [3.05, 3.63) is 42.9 Å². The Morgan fingerprint density at radius 1 is 0.583 bits per heavy atom. The van der Waals surface area contributed by atoms with Gasteiger partial charge in [0.2, 0.25) is 0 Å². The summed E-state index contributed by atoms with van der Waals surface area (Å²) >= 11 is 0. The molecule has 0 saturated carbocycles. The van der Waals surface area contributed by atoms with Crippen LogP contribution in [0, 0.1) is 6.42 Å². The second kappa shape index (κ2) is 6.90. The van der Waals surface area contributed by atoms with Gasteiger partial charge in [0, 0.05) is 0 Å². The summed E-state index contributed by atoms with van der Waals surface area (Å²) in [7, 11) is 0. The highest BCUT2D eigenvalue weighted by Gasteiger charge is 1.86. The van der Waals surface area contributed by atoms with E-state index in [1.165, 1.54) is 25.7 Å². The van der Waals surface area contributed by atoms with Crippen molar-refractivity contribution in [2.75, 3.05) is 0 Å². The van der Waals surface area contributed by atoms with Crippen LogP contribution in [0.25, 0.3) is 0 Å². The maximum absolute atomic E-state index is 2.38. The first kappa shape index (κ1) is 9.31. The van der Waals surface area contributed by atoms with E-state index >= 15 is 0 Å². The Labute approximate surface area is 75.7 Å². The number of hydrogen-bond acceptors (Lipinski definition) is 0. The van der Waals surface area contributed by atoms with E-state index in [1.807, 2.05) is 0 Å². The first-order valence-electron chi connectivity index (χ1n) is 4.78. The minimum atomic E-state index is 1.07. The van der Waals surface area contributed by atoms with E-state index in [0.29, 0.717) is 0 Å². The predicted octanol–water partition coefficient (Wildman–Crippen LogP) is 3.82. The maximum Gasteiger partial charge on any atom is -0.0166 e. The van der Waals surface area contributed by atoms with Crippen LogP contribution in [-0.4, -0.2) is 0 Å². The lowest BCUT2D eigenvalue weighted by atomic mass is 10.1. The van der Waals surface area contributed by atoms with Crippen LogP contribution in [0.4, 0.5) is 0 Å². The van der Waals surface area contributed by atoms with Gasteiger partial charge in [0.1, 0.15) is 0 Å². The van der Waals surface area contributed by atoms with Gasteiger partial charge in [0.15, 0.2) is 0 Å². The average Bonchev–Trinajstić information content (AvgIpc) is 2.05. The van der Waals surface area contributed by atoms with Gasteiger partial charge in [-0.3, -0.25) is 0 Å². The van der Waals surface area contributed by atoms with Crippen molar-refractivity contribution in [3.8, 4) is 0 Å². The van der Waals surface area contributed by atoms with Crippen LogP contribution >= 0.6 is 0 Å². The summed E-state index contributed by atoms with van der Waals surface area (Å²) in [5.41, 5.74) is 0. The molecule has 0 heteroatoms. The molecule has 0 aromatic heterocycles. The Morgan fingerprint density at radius 3 is 2.25 bits per heavy atom. The molecule has 0 N–H and O–H groups in total. The van der Waals surface area contributed by atoms with E-state index in [9.17, 15) is 0 Å². The normalized spacial score (nSPS) is 28.0. The highest BCUT2D eigenvalue weighted by molar-refractivity contribution is 5.05. The summed E-state index contributed by atoms with van der Waals surface area (Å²) < 4.78 is 0. The smallest absolute Gasteiger partial charge is 0.0166 e. The minimum absolute atomic E-state index is 1.07. The van der Waals surface area contributed by atoms with Crippen LogP contribution in [0.1, 0.15) is 32.1 Å². The highest BCUT2D eigenvalue weighted by Crippen LogP contribution is 2.04. The molecule has 0 heterocycles. The summed E-state index contributed by atoms with van der Waals surface area (Å²) in [4.78, 5) is 0. The third kappa shape index (κ3) is 4.95. The molecule has 0 aromatic carbocycles. The lowest BCUT2D eigenvalue weighted by Gasteiger charge is -1.95. The number of rotatable bonds is 0. The molecule has 0 amide bonds. The lowest BCUT2D eigenvalue weighted by Crippen LogP contribution is -1.76. The molecule has 0 nitrogen and oxygen atoms in total. The van der Waals surface area contributed by atoms with Crippen LogP contribution in [-0.2, 0) is 0 Å². The van der Waals surface area contributed by atoms with Gasteiger partial charge in [-0.2, -0.15) is 0 Å². The summed E-state index contributed by atoms with van der Waals surface area (Å²) in [6.45, 7) is 0. The molecule has 1 radical (unpaired) electrons. The largest absolute Gasteiger partial charge is 0.0882 e. The van der Waals surface area contributed by atoms with Crippen molar-refractivity contribution in [2.45, 2.75) is 32.1 Å². The van der Waals surface area contributed by atoms with Crippen LogP contribution in [0.5, 0.6) is 0 Å². The molecule has 1 aliphatic carbocycles. The van der Waals surface area contributed by atoms with Crippen LogP contribution in [0.2, 0.25) is 0 Å². The second-order valence-electron chi connectivity index (χ2n) is 3.01. The Balaban J connectivity index is 2.31. The van der Waals surface area contributed by atoms with E-state index in [4.69, 9.17) is 0 Å². The van der Waals surface area contributed by atoms with E-state index in [-0.39, 0.29) is 0 Å². The van der Waals surface area contributed by atoms with Crippen molar-refractivity contribution in [1.82, 2.24) is 0 Å². The quantitative estimate of drug-likeness (QED) is 0.474. The molecule has 0 aliphatic heterocycles. The molecule has 0 saturated heterocycles. The van der Waals surface area contributed by atoms with E-state index in [1.54, 1.807) is 0 Å². The predicted molar refractivity (Wildman–Crippen MR) is 54.8 cm³/mol. The Morgan fingerprint density at radius 2 is 1.33 bits per heavy atom. The van der Waals surface area contributed by atoms with Gasteiger partial charge in [0.25, 0.3) is 0 Å². The van der Waals surface area contributed by atoms with Crippen LogP contribution < -0.4 is 0 Å². The van der Waals surface area contributed by atoms with Gasteiger partial charge in [0.05, 0.1) is 0 Å². The van der Waals surface area contributed by atoms with E-state index in [2.05, 4.69) is 42.9 Å². The molecule has 65 valence electrons.